The summed E-state index contributed by atoms with van der Waals surface area (Å²) < 4.78 is 11.7. The second-order valence-corrected chi connectivity index (χ2v) is 6.74. The first kappa shape index (κ1) is 18.0. The van der Waals surface area contributed by atoms with Gasteiger partial charge in [0.2, 0.25) is 5.91 Å². The SMILES string of the molecule is COc1ccc(CNC(=O)Cn2cc(-c3nc(C4CC4)no3)ccc2=O)cc1. The van der Waals surface area contributed by atoms with Gasteiger partial charge in [-0.1, -0.05) is 17.3 Å². The Bertz CT molecular complexity index is 1030. The summed E-state index contributed by atoms with van der Waals surface area (Å²) in [4.78, 5) is 28.8. The molecule has 2 heterocycles. The highest BCUT2D eigenvalue weighted by Crippen LogP contribution is 2.38. The molecule has 0 saturated heterocycles. The van der Waals surface area contributed by atoms with Gasteiger partial charge in [-0.25, -0.2) is 0 Å². The first-order chi connectivity index (χ1) is 13.6. The van der Waals surface area contributed by atoms with Gasteiger partial charge in [0, 0.05) is 24.7 Å². The van der Waals surface area contributed by atoms with E-state index in [9.17, 15) is 9.59 Å². The molecule has 0 unspecified atom stereocenters. The zero-order valence-electron chi connectivity index (χ0n) is 15.4. The molecule has 0 radical (unpaired) electrons. The van der Waals surface area contributed by atoms with Gasteiger partial charge in [-0.15, -0.1) is 0 Å². The van der Waals surface area contributed by atoms with Crippen LogP contribution >= 0.6 is 0 Å². The molecule has 0 spiro atoms. The lowest BCUT2D eigenvalue weighted by Crippen LogP contribution is -2.31. The molecular weight excluding hydrogens is 360 g/mol. The van der Waals surface area contributed by atoms with Crippen LogP contribution in [0.2, 0.25) is 0 Å². The summed E-state index contributed by atoms with van der Waals surface area (Å²) in [5.74, 6) is 1.93. The number of benzene rings is 1. The van der Waals surface area contributed by atoms with Crippen LogP contribution in [0.5, 0.6) is 5.75 Å². The largest absolute Gasteiger partial charge is 0.497 e. The van der Waals surface area contributed by atoms with E-state index in [4.69, 9.17) is 9.26 Å². The summed E-state index contributed by atoms with van der Waals surface area (Å²) >= 11 is 0. The molecule has 1 aliphatic rings. The molecule has 1 saturated carbocycles. The highest BCUT2D eigenvalue weighted by Gasteiger charge is 2.29. The molecule has 0 atom stereocenters. The molecule has 1 amide bonds. The standard InChI is InChI=1S/C20H20N4O4/c1-27-16-7-2-13(3-8-16)10-21-17(25)12-24-11-15(6-9-18(24)26)20-22-19(23-28-20)14-4-5-14/h2-3,6-9,11,14H,4-5,10,12H2,1H3,(H,21,25). The van der Waals surface area contributed by atoms with Crippen molar-refractivity contribution in [3.05, 3.63) is 64.3 Å². The van der Waals surface area contributed by atoms with E-state index in [0.29, 0.717) is 29.7 Å². The minimum Gasteiger partial charge on any atom is -0.497 e. The Morgan fingerprint density at radius 1 is 1.25 bits per heavy atom. The van der Waals surface area contributed by atoms with Crippen LogP contribution in [0.3, 0.4) is 0 Å². The van der Waals surface area contributed by atoms with E-state index >= 15 is 0 Å². The van der Waals surface area contributed by atoms with Gasteiger partial charge in [0.1, 0.15) is 12.3 Å². The molecule has 0 aliphatic heterocycles. The lowest BCUT2D eigenvalue weighted by atomic mass is 10.2. The number of ether oxygens (including phenoxy) is 1. The lowest BCUT2D eigenvalue weighted by Gasteiger charge is -2.09. The zero-order chi connectivity index (χ0) is 19.5. The Labute approximate surface area is 161 Å². The maximum Gasteiger partial charge on any atom is 0.259 e. The minimum atomic E-state index is -0.273. The molecule has 1 aromatic carbocycles. The smallest absolute Gasteiger partial charge is 0.259 e. The van der Waals surface area contributed by atoms with Crippen molar-refractivity contribution in [2.45, 2.75) is 31.8 Å². The van der Waals surface area contributed by atoms with Crippen molar-refractivity contribution in [2.75, 3.05) is 7.11 Å². The van der Waals surface area contributed by atoms with Crippen molar-refractivity contribution in [3.8, 4) is 17.2 Å². The number of aromatic nitrogens is 3. The third kappa shape index (κ3) is 4.11. The number of hydrogen-bond donors (Lipinski definition) is 1. The fraction of sp³-hybridized carbons (Fsp3) is 0.300. The molecule has 1 aliphatic carbocycles. The number of amides is 1. The normalized spacial score (nSPS) is 13.3. The third-order valence-corrected chi connectivity index (χ3v) is 4.58. The molecule has 4 rings (SSSR count). The highest BCUT2D eigenvalue weighted by molar-refractivity contribution is 5.75. The van der Waals surface area contributed by atoms with Gasteiger partial charge < -0.3 is 19.1 Å². The first-order valence-electron chi connectivity index (χ1n) is 9.06. The van der Waals surface area contributed by atoms with E-state index in [0.717, 1.165) is 24.2 Å². The number of pyridine rings is 1. The molecule has 0 bridgehead atoms. The summed E-state index contributed by atoms with van der Waals surface area (Å²) in [5.41, 5.74) is 1.28. The average Bonchev–Trinajstić information content (AvgIpc) is 3.45. The fourth-order valence-electron chi connectivity index (χ4n) is 2.80. The van der Waals surface area contributed by atoms with E-state index in [-0.39, 0.29) is 18.0 Å². The number of carbonyl (C=O) groups is 1. The van der Waals surface area contributed by atoms with Crippen molar-refractivity contribution in [1.82, 2.24) is 20.0 Å². The second kappa shape index (κ2) is 7.67. The van der Waals surface area contributed by atoms with Crippen LogP contribution in [0.1, 0.15) is 30.1 Å². The second-order valence-electron chi connectivity index (χ2n) is 6.74. The van der Waals surface area contributed by atoms with E-state index in [1.54, 1.807) is 19.4 Å². The highest BCUT2D eigenvalue weighted by atomic mass is 16.5. The Hall–Kier alpha value is -3.42. The van der Waals surface area contributed by atoms with Gasteiger partial charge in [-0.2, -0.15) is 4.98 Å². The predicted molar refractivity (Wildman–Crippen MR) is 101 cm³/mol. The van der Waals surface area contributed by atoms with E-state index in [1.807, 2.05) is 24.3 Å². The Kier molecular flexibility index (Phi) is 4.92. The van der Waals surface area contributed by atoms with Gasteiger partial charge >= 0.3 is 0 Å². The molecule has 8 heteroatoms. The fourth-order valence-corrected chi connectivity index (χ4v) is 2.80. The van der Waals surface area contributed by atoms with E-state index in [1.165, 1.54) is 10.6 Å². The summed E-state index contributed by atoms with van der Waals surface area (Å²) in [7, 11) is 1.60. The van der Waals surface area contributed by atoms with Crippen molar-refractivity contribution in [3.63, 3.8) is 0 Å². The number of methoxy groups -OCH3 is 1. The number of carbonyl (C=O) groups excluding carboxylic acids is 1. The number of hydrogen-bond acceptors (Lipinski definition) is 6. The molecular formula is C20H20N4O4. The third-order valence-electron chi connectivity index (χ3n) is 4.58. The Morgan fingerprint density at radius 2 is 2.04 bits per heavy atom. The van der Waals surface area contributed by atoms with Gasteiger partial charge in [0.15, 0.2) is 5.82 Å². The van der Waals surface area contributed by atoms with Crippen LogP contribution < -0.4 is 15.6 Å². The van der Waals surface area contributed by atoms with E-state index < -0.39 is 0 Å². The molecule has 3 aromatic rings. The van der Waals surface area contributed by atoms with Crippen molar-refractivity contribution >= 4 is 5.91 Å². The predicted octanol–water partition coefficient (Wildman–Crippen LogP) is 2.10. The van der Waals surface area contributed by atoms with Crippen molar-refractivity contribution in [2.24, 2.45) is 0 Å². The van der Waals surface area contributed by atoms with Crippen LogP contribution in [0.15, 0.2) is 51.9 Å². The molecule has 1 fully saturated rings. The monoisotopic (exact) mass is 380 g/mol. The Morgan fingerprint density at radius 3 is 2.75 bits per heavy atom. The zero-order valence-corrected chi connectivity index (χ0v) is 15.4. The maximum absolute atomic E-state index is 12.3. The average molecular weight is 380 g/mol. The molecule has 8 nitrogen and oxygen atoms in total. The summed E-state index contributed by atoms with van der Waals surface area (Å²) in [5, 5.41) is 6.79. The van der Waals surface area contributed by atoms with Crippen LogP contribution in [-0.4, -0.2) is 27.7 Å². The molecule has 2 aromatic heterocycles. The minimum absolute atomic E-state index is 0.0908. The van der Waals surface area contributed by atoms with Crippen LogP contribution in [0.4, 0.5) is 0 Å². The van der Waals surface area contributed by atoms with Crippen molar-refractivity contribution < 1.29 is 14.1 Å². The van der Waals surface area contributed by atoms with Gasteiger partial charge in [-0.3, -0.25) is 9.59 Å². The number of nitrogens with one attached hydrogen (secondary N) is 1. The van der Waals surface area contributed by atoms with Gasteiger partial charge in [-0.05, 0) is 36.6 Å². The van der Waals surface area contributed by atoms with Crippen LogP contribution in [-0.2, 0) is 17.9 Å². The summed E-state index contributed by atoms with van der Waals surface area (Å²) in [6.45, 7) is 0.276. The molecule has 1 N–H and O–H groups in total. The molecule has 28 heavy (non-hydrogen) atoms. The summed E-state index contributed by atoms with van der Waals surface area (Å²) in [6.07, 6.45) is 3.72. The number of nitrogens with zero attached hydrogens (tertiary/aromatic N) is 3. The van der Waals surface area contributed by atoms with E-state index in [2.05, 4.69) is 15.5 Å². The van der Waals surface area contributed by atoms with Crippen LogP contribution in [0, 0.1) is 0 Å². The Balaban J connectivity index is 1.41. The van der Waals surface area contributed by atoms with Crippen LogP contribution in [0.25, 0.3) is 11.5 Å². The number of rotatable bonds is 7. The molecule has 144 valence electrons. The maximum atomic E-state index is 12.3. The topological polar surface area (TPSA) is 99.2 Å². The quantitative estimate of drug-likeness (QED) is 0.674. The van der Waals surface area contributed by atoms with Gasteiger partial charge in [0.05, 0.1) is 12.7 Å². The first-order valence-corrected chi connectivity index (χ1v) is 9.06. The lowest BCUT2D eigenvalue weighted by molar-refractivity contribution is -0.121. The van der Waals surface area contributed by atoms with Gasteiger partial charge in [0.25, 0.3) is 11.4 Å². The van der Waals surface area contributed by atoms with Crippen molar-refractivity contribution in [1.29, 1.82) is 0 Å². The summed E-state index contributed by atoms with van der Waals surface area (Å²) in [6, 6.07) is 10.4.